The molecular formula is C24H27N3O2S2. The summed E-state index contributed by atoms with van der Waals surface area (Å²) in [6, 6.07) is 18.5. The molecular weight excluding hydrogens is 426 g/mol. The molecule has 162 valence electrons. The topological polar surface area (TPSA) is 57.0 Å². The van der Waals surface area contributed by atoms with E-state index in [1.54, 1.807) is 11.8 Å². The molecule has 1 aliphatic carbocycles. The number of esters is 1. The molecule has 0 aliphatic heterocycles. The van der Waals surface area contributed by atoms with E-state index < -0.39 is 0 Å². The molecule has 0 radical (unpaired) electrons. The number of hydrogen-bond donors (Lipinski definition) is 0. The Kier molecular flexibility index (Phi) is 7.70. The molecule has 0 spiro atoms. The van der Waals surface area contributed by atoms with Gasteiger partial charge in [-0.05, 0) is 56.9 Å². The molecule has 1 aromatic heterocycles. The second kappa shape index (κ2) is 10.9. The van der Waals surface area contributed by atoms with E-state index in [1.165, 1.54) is 28.6 Å². The maximum atomic E-state index is 12.4. The second-order valence-corrected chi connectivity index (χ2v) is 9.70. The molecule has 0 saturated heterocycles. The highest BCUT2D eigenvalue weighted by Crippen LogP contribution is 2.28. The zero-order chi connectivity index (χ0) is 21.5. The quantitative estimate of drug-likeness (QED) is 0.316. The number of benzene rings is 2. The average molecular weight is 454 g/mol. The van der Waals surface area contributed by atoms with Crippen LogP contribution in [0.5, 0.6) is 0 Å². The van der Waals surface area contributed by atoms with Crippen molar-refractivity contribution in [2.45, 2.75) is 60.9 Å². The Morgan fingerprint density at radius 1 is 1.00 bits per heavy atom. The van der Waals surface area contributed by atoms with Gasteiger partial charge in [0.1, 0.15) is 11.9 Å². The Hall–Kier alpha value is -2.25. The summed E-state index contributed by atoms with van der Waals surface area (Å²) in [6.07, 6.45) is 5.58. The van der Waals surface area contributed by atoms with Crippen molar-refractivity contribution in [1.29, 1.82) is 0 Å². The Bertz CT molecular complexity index is 984. The molecule has 1 saturated carbocycles. The van der Waals surface area contributed by atoms with Crippen molar-refractivity contribution in [2.75, 3.05) is 5.75 Å². The van der Waals surface area contributed by atoms with E-state index in [-0.39, 0.29) is 17.8 Å². The third-order valence-corrected chi connectivity index (χ3v) is 7.18. The second-order valence-electron chi connectivity index (χ2n) is 7.71. The lowest BCUT2D eigenvalue weighted by atomic mass is 9.98. The number of para-hydroxylation sites is 1. The Labute approximate surface area is 192 Å². The van der Waals surface area contributed by atoms with E-state index in [1.807, 2.05) is 34.9 Å². The maximum Gasteiger partial charge on any atom is 0.316 e. The number of thioether (sulfide) groups is 2. The molecule has 0 amide bonds. The first-order valence-corrected chi connectivity index (χ1v) is 12.7. The standard InChI is InChI=1S/C24H27N3O2S2/c1-18-12-14-21(15-13-18)30-16-22-25-26-24(27(22)19-8-4-2-5-9-19)31-17-23(28)29-20-10-6-3-7-11-20/h2,4-5,8-9,12-15,20H,3,6-7,10-11,16-17H2,1H3. The van der Waals surface area contributed by atoms with E-state index in [2.05, 4.69) is 41.4 Å². The minimum Gasteiger partial charge on any atom is -0.462 e. The van der Waals surface area contributed by atoms with Crippen LogP contribution in [0.4, 0.5) is 0 Å². The first-order chi connectivity index (χ1) is 15.2. The molecule has 31 heavy (non-hydrogen) atoms. The van der Waals surface area contributed by atoms with E-state index in [0.717, 1.165) is 37.2 Å². The summed E-state index contributed by atoms with van der Waals surface area (Å²) < 4.78 is 7.70. The van der Waals surface area contributed by atoms with Crippen LogP contribution in [0.3, 0.4) is 0 Å². The Balaban J connectivity index is 1.45. The lowest BCUT2D eigenvalue weighted by molar-refractivity contribution is -0.147. The number of carbonyl (C=O) groups excluding carboxylic acids is 1. The third kappa shape index (κ3) is 6.14. The van der Waals surface area contributed by atoms with Gasteiger partial charge in [0.05, 0.1) is 11.5 Å². The lowest BCUT2D eigenvalue weighted by Crippen LogP contribution is -2.22. The number of nitrogens with zero attached hydrogens (tertiary/aromatic N) is 3. The van der Waals surface area contributed by atoms with Crippen LogP contribution in [0.15, 0.2) is 64.6 Å². The summed E-state index contributed by atoms with van der Waals surface area (Å²) in [7, 11) is 0. The molecule has 4 rings (SSSR count). The van der Waals surface area contributed by atoms with Crippen LogP contribution in [0.1, 0.15) is 43.5 Å². The van der Waals surface area contributed by atoms with Crippen molar-refractivity contribution < 1.29 is 9.53 Å². The number of aryl methyl sites for hydroxylation is 1. The highest BCUT2D eigenvalue weighted by atomic mass is 32.2. The van der Waals surface area contributed by atoms with Gasteiger partial charge in [-0.25, -0.2) is 0 Å². The van der Waals surface area contributed by atoms with Crippen molar-refractivity contribution in [3.8, 4) is 5.69 Å². The van der Waals surface area contributed by atoms with E-state index in [0.29, 0.717) is 10.9 Å². The molecule has 7 heteroatoms. The number of rotatable bonds is 8. The van der Waals surface area contributed by atoms with Gasteiger partial charge in [0.2, 0.25) is 0 Å². The van der Waals surface area contributed by atoms with Crippen LogP contribution < -0.4 is 0 Å². The van der Waals surface area contributed by atoms with Crippen LogP contribution in [0.25, 0.3) is 5.69 Å². The number of carbonyl (C=O) groups is 1. The van der Waals surface area contributed by atoms with E-state index in [4.69, 9.17) is 4.74 Å². The van der Waals surface area contributed by atoms with Gasteiger partial charge >= 0.3 is 5.97 Å². The molecule has 0 unspecified atom stereocenters. The number of hydrogen-bond acceptors (Lipinski definition) is 6. The molecule has 1 fully saturated rings. The number of aromatic nitrogens is 3. The minimum atomic E-state index is -0.171. The normalized spacial score (nSPS) is 14.5. The van der Waals surface area contributed by atoms with Gasteiger partial charge in [-0.2, -0.15) is 0 Å². The molecule has 5 nitrogen and oxygen atoms in total. The fraction of sp³-hybridized carbons (Fsp3) is 0.375. The molecule has 3 aromatic rings. The van der Waals surface area contributed by atoms with Crippen molar-refractivity contribution in [1.82, 2.24) is 14.8 Å². The van der Waals surface area contributed by atoms with Gasteiger partial charge < -0.3 is 4.74 Å². The van der Waals surface area contributed by atoms with Crippen LogP contribution in [0, 0.1) is 6.92 Å². The lowest BCUT2D eigenvalue weighted by Gasteiger charge is -2.21. The van der Waals surface area contributed by atoms with Gasteiger partial charge in [0.15, 0.2) is 5.16 Å². The van der Waals surface area contributed by atoms with E-state index in [9.17, 15) is 4.79 Å². The zero-order valence-corrected chi connectivity index (χ0v) is 19.3. The largest absolute Gasteiger partial charge is 0.462 e. The molecule has 1 aliphatic rings. The van der Waals surface area contributed by atoms with Gasteiger partial charge in [0.25, 0.3) is 0 Å². The fourth-order valence-corrected chi connectivity index (χ4v) is 5.20. The summed E-state index contributed by atoms with van der Waals surface area (Å²) in [6.45, 7) is 2.09. The summed E-state index contributed by atoms with van der Waals surface area (Å²) in [5, 5.41) is 9.54. The molecule has 0 N–H and O–H groups in total. The molecule has 1 heterocycles. The third-order valence-electron chi connectivity index (χ3n) is 5.27. The fourth-order valence-electron chi connectivity index (χ4n) is 3.63. The molecule has 2 aromatic carbocycles. The highest BCUT2D eigenvalue weighted by molar-refractivity contribution is 7.99. The summed E-state index contributed by atoms with van der Waals surface area (Å²) >= 11 is 3.12. The minimum absolute atomic E-state index is 0.0790. The molecule has 0 atom stereocenters. The van der Waals surface area contributed by atoms with Crippen molar-refractivity contribution in [3.63, 3.8) is 0 Å². The first kappa shape index (κ1) is 22.0. The van der Waals surface area contributed by atoms with Crippen LogP contribution in [-0.4, -0.2) is 32.6 Å². The SMILES string of the molecule is Cc1ccc(SCc2nnc(SCC(=O)OC3CCCCC3)n2-c2ccccc2)cc1. The van der Waals surface area contributed by atoms with Gasteiger partial charge in [0, 0.05) is 10.6 Å². The Morgan fingerprint density at radius 2 is 1.74 bits per heavy atom. The van der Waals surface area contributed by atoms with Crippen molar-refractivity contribution >= 4 is 29.5 Å². The first-order valence-electron chi connectivity index (χ1n) is 10.7. The van der Waals surface area contributed by atoms with Crippen molar-refractivity contribution in [2.24, 2.45) is 0 Å². The van der Waals surface area contributed by atoms with E-state index >= 15 is 0 Å². The van der Waals surface area contributed by atoms with Gasteiger partial charge in [-0.3, -0.25) is 9.36 Å². The predicted molar refractivity (Wildman–Crippen MR) is 126 cm³/mol. The maximum absolute atomic E-state index is 12.4. The van der Waals surface area contributed by atoms with Gasteiger partial charge in [-0.15, -0.1) is 22.0 Å². The van der Waals surface area contributed by atoms with Crippen LogP contribution >= 0.6 is 23.5 Å². The smallest absolute Gasteiger partial charge is 0.316 e. The number of ether oxygens (including phenoxy) is 1. The summed E-state index contributed by atoms with van der Waals surface area (Å²) in [4.78, 5) is 13.6. The van der Waals surface area contributed by atoms with Crippen LogP contribution in [0.2, 0.25) is 0 Å². The summed E-state index contributed by atoms with van der Waals surface area (Å²) in [5.41, 5.74) is 2.24. The van der Waals surface area contributed by atoms with Gasteiger partial charge in [-0.1, -0.05) is 54.1 Å². The van der Waals surface area contributed by atoms with Crippen LogP contribution in [-0.2, 0) is 15.3 Å². The predicted octanol–water partition coefficient (Wildman–Crippen LogP) is 5.84. The Morgan fingerprint density at radius 3 is 2.48 bits per heavy atom. The highest BCUT2D eigenvalue weighted by Gasteiger charge is 2.20. The average Bonchev–Trinajstić information content (AvgIpc) is 3.21. The van der Waals surface area contributed by atoms with Crippen molar-refractivity contribution in [3.05, 3.63) is 66.0 Å². The summed E-state index contributed by atoms with van der Waals surface area (Å²) in [5.74, 6) is 1.62. The molecule has 0 bridgehead atoms. The monoisotopic (exact) mass is 453 g/mol. The zero-order valence-electron chi connectivity index (χ0n) is 17.7.